The molecule has 1 heterocycles. The summed E-state index contributed by atoms with van der Waals surface area (Å²) in [5, 5.41) is 3.92. The maximum Gasteiger partial charge on any atom is 0.158 e. The van der Waals surface area contributed by atoms with Gasteiger partial charge in [0.1, 0.15) is 17.6 Å². The minimum atomic E-state index is 0.413. The van der Waals surface area contributed by atoms with E-state index in [1.165, 1.54) is 32.1 Å². The quantitative estimate of drug-likeness (QED) is 0.832. The van der Waals surface area contributed by atoms with Crippen molar-refractivity contribution in [1.29, 1.82) is 0 Å². The topological polar surface area (TPSA) is 47.0 Å². The molecule has 5 heteroatoms. The van der Waals surface area contributed by atoms with Gasteiger partial charge < -0.3 is 10.1 Å². The summed E-state index contributed by atoms with van der Waals surface area (Å²) in [6, 6.07) is 2.30. The summed E-state index contributed by atoms with van der Waals surface area (Å²) in [4.78, 5) is 8.59. The lowest BCUT2D eigenvalue weighted by molar-refractivity contribution is 0.128. The average molecular weight is 270 g/mol. The van der Waals surface area contributed by atoms with Gasteiger partial charge in [-0.15, -0.1) is 0 Å². The van der Waals surface area contributed by atoms with Crippen LogP contribution in [0, 0.1) is 0 Å². The Hall–Kier alpha value is -0.870. The van der Waals surface area contributed by atoms with Crippen molar-refractivity contribution >= 4 is 17.4 Å². The number of hydrogen-bond acceptors (Lipinski definition) is 4. The predicted octanol–water partition coefficient (Wildman–Crippen LogP) is 3.41. The fraction of sp³-hybridized carbons (Fsp3) is 0.692. The van der Waals surface area contributed by atoms with E-state index in [0.29, 0.717) is 30.2 Å². The molecular weight excluding hydrogens is 250 g/mol. The molecule has 0 bridgehead atoms. The molecule has 1 N–H and O–H groups in total. The zero-order valence-electron chi connectivity index (χ0n) is 10.8. The fourth-order valence-electron chi connectivity index (χ4n) is 2.25. The molecule has 1 aliphatic carbocycles. The number of nitrogens with one attached hydrogen (secondary N) is 1. The van der Waals surface area contributed by atoms with E-state index in [0.717, 1.165) is 5.82 Å². The van der Waals surface area contributed by atoms with E-state index in [4.69, 9.17) is 16.3 Å². The number of aromatic nitrogens is 2. The second-order valence-electron chi connectivity index (χ2n) is 4.61. The Morgan fingerprint density at radius 1 is 1.33 bits per heavy atom. The molecule has 2 rings (SSSR count). The highest BCUT2D eigenvalue weighted by Crippen LogP contribution is 2.21. The molecule has 1 saturated carbocycles. The molecule has 1 aromatic rings. The molecule has 0 saturated heterocycles. The predicted molar refractivity (Wildman–Crippen MR) is 72.9 cm³/mol. The minimum Gasteiger partial charge on any atom is -0.374 e. The summed E-state index contributed by atoms with van der Waals surface area (Å²) in [5.74, 6) is 1.46. The number of ether oxygens (including phenoxy) is 1. The van der Waals surface area contributed by atoms with Gasteiger partial charge in [0.25, 0.3) is 0 Å². The van der Waals surface area contributed by atoms with Crippen LogP contribution >= 0.6 is 11.6 Å². The van der Waals surface area contributed by atoms with Gasteiger partial charge in [-0.2, -0.15) is 0 Å². The van der Waals surface area contributed by atoms with Gasteiger partial charge in [0.05, 0.1) is 0 Å². The third-order valence-corrected chi connectivity index (χ3v) is 3.33. The first-order chi connectivity index (χ1) is 8.78. The molecular formula is C13H20ClN3O. The van der Waals surface area contributed by atoms with Crippen LogP contribution in [0.15, 0.2) is 6.07 Å². The molecule has 0 atom stereocenters. The van der Waals surface area contributed by atoms with Crippen molar-refractivity contribution in [2.24, 2.45) is 0 Å². The van der Waals surface area contributed by atoms with Crippen LogP contribution in [0.4, 0.5) is 5.82 Å². The normalized spacial score (nSPS) is 16.8. The van der Waals surface area contributed by atoms with Gasteiger partial charge in [0, 0.05) is 18.7 Å². The number of hydrogen-bond donors (Lipinski definition) is 1. The monoisotopic (exact) mass is 269 g/mol. The van der Waals surface area contributed by atoms with Crippen LogP contribution in [-0.2, 0) is 11.3 Å². The van der Waals surface area contributed by atoms with Crippen LogP contribution in [0.5, 0.6) is 0 Å². The maximum absolute atomic E-state index is 6.00. The van der Waals surface area contributed by atoms with Crippen molar-refractivity contribution in [3.8, 4) is 0 Å². The summed E-state index contributed by atoms with van der Waals surface area (Å²) in [5.41, 5.74) is 0. The van der Waals surface area contributed by atoms with Crippen molar-refractivity contribution in [3.05, 3.63) is 17.0 Å². The molecule has 1 aromatic heterocycles. The van der Waals surface area contributed by atoms with Gasteiger partial charge in [-0.3, -0.25) is 0 Å². The van der Waals surface area contributed by atoms with Crippen molar-refractivity contribution < 1.29 is 4.74 Å². The number of rotatable bonds is 5. The van der Waals surface area contributed by atoms with E-state index in [-0.39, 0.29) is 0 Å². The highest BCUT2D eigenvalue weighted by atomic mass is 35.5. The maximum atomic E-state index is 6.00. The number of nitrogens with zero attached hydrogens (tertiary/aromatic N) is 2. The summed E-state index contributed by atoms with van der Waals surface area (Å²) in [6.07, 6.45) is 6.35. The zero-order chi connectivity index (χ0) is 12.8. The number of anilines is 1. The third-order valence-electron chi connectivity index (χ3n) is 3.13. The van der Waals surface area contributed by atoms with Crippen LogP contribution < -0.4 is 5.32 Å². The standard InChI is InChI=1S/C13H20ClN3O/c1-2-18-9-13-16-11(14)8-12(17-13)15-10-6-4-3-5-7-10/h8,10H,2-7,9H2,1H3,(H,15,16,17). The van der Waals surface area contributed by atoms with E-state index in [2.05, 4.69) is 15.3 Å². The molecule has 1 fully saturated rings. The van der Waals surface area contributed by atoms with Gasteiger partial charge in [-0.25, -0.2) is 9.97 Å². The Kier molecular flexibility index (Phi) is 5.20. The first kappa shape index (κ1) is 13.6. The Morgan fingerprint density at radius 2 is 2.11 bits per heavy atom. The lowest BCUT2D eigenvalue weighted by Gasteiger charge is -2.23. The summed E-state index contributed by atoms with van der Waals surface area (Å²) >= 11 is 6.00. The molecule has 0 spiro atoms. The molecule has 0 aromatic carbocycles. The van der Waals surface area contributed by atoms with E-state index >= 15 is 0 Å². The van der Waals surface area contributed by atoms with Crippen LogP contribution in [-0.4, -0.2) is 22.6 Å². The van der Waals surface area contributed by atoms with Gasteiger partial charge in [-0.05, 0) is 19.8 Å². The molecule has 100 valence electrons. The molecule has 0 unspecified atom stereocenters. The Labute approximate surface area is 113 Å². The summed E-state index contributed by atoms with van der Waals surface area (Å²) in [6.45, 7) is 3.02. The van der Waals surface area contributed by atoms with Crippen molar-refractivity contribution in [2.45, 2.75) is 51.7 Å². The lowest BCUT2D eigenvalue weighted by Crippen LogP contribution is -2.23. The summed E-state index contributed by atoms with van der Waals surface area (Å²) in [7, 11) is 0. The van der Waals surface area contributed by atoms with E-state index in [1.807, 2.05) is 6.92 Å². The molecule has 0 aliphatic heterocycles. The van der Waals surface area contributed by atoms with E-state index in [9.17, 15) is 0 Å². The SMILES string of the molecule is CCOCc1nc(Cl)cc(NC2CCCCC2)n1. The Balaban J connectivity index is 1.99. The molecule has 1 aliphatic rings. The van der Waals surface area contributed by atoms with Crippen LogP contribution in [0.25, 0.3) is 0 Å². The fourth-order valence-corrected chi connectivity index (χ4v) is 2.45. The van der Waals surface area contributed by atoms with E-state index in [1.54, 1.807) is 6.07 Å². The van der Waals surface area contributed by atoms with Crippen LogP contribution in [0.1, 0.15) is 44.9 Å². The second kappa shape index (κ2) is 6.90. The smallest absolute Gasteiger partial charge is 0.158 e. The first-order valence-electron chi connectivity index (χ1n) is 6.65. The Bertz CT molecular complexity index is 380. The Morgan fingerprint density at radius 3 is 2.83 bits per heavy atom. The zero-order valence-corrected chi connectivity index (χ0v) is 11.5. The van der Waals surface area contributed by atoms with Crippen LogP contribution in [0.3, 0.4) is 0 Å². The molecule has 0 amide bonds. The van der Waals surface area contributed by atoms with Crippen molar-refractivity contribution in [3.63, 3.8) is 0 Å². The largest absolute Gasteiger partial charge is 0.374 e. The lowest BCUT2D eigenvalue weighted by atomic mass is 9.95. The van der Waals surface area contributed by atoms with Crippen molar-refractivity contribution in [1.82, 2.24) is 9.97 Å². The van der Waals surface area contributed by atoms with Crippen molar-refractivity contribution in [2.75, 3.05) is 11.9 Å². The summed E-state index contributed by atoms with van der Waals surface area (Å²) < 4.78 is 5.31. The molecule has 0 radical (unpaired) electrons. The highest BCUT2D eigenvalue weighted by Gasteiger charge is 2.14. The second-order valence-corrected chi connectivity index (χ2v) is 5.00. The molecule has 18 heavy (non-hydrogen) atoms. The molecule has 4 nitrogen and oxygen atoms in total. The van der Waals surface area contributed by atoms with Gasteiger partial charge >= 0.3 is 0 Å². The van der Waals surface area contributed by atoms with E-state index < -0.39 is 0 Å². The van der Waals surface area contributed by atoms with Gasteiger partial charge in [0.2, 0.25) is 0 Å². The van der Waals surface area contributed by atoms with Crippen LogP contribution in [0.2, 0.25) is 5.15 Å². The first-order valence-corrected chi connectivity index (χ1v) is 7.03. The highest BCUT2D eigenvalue weighted by molar-refractivity contribution is 6.29. The average Bonchev–Trinajstić information content (AvgIpc) is 2.37. The minimum absolute atomic E-state index is 0.413. The third kappa shape index (κ3) is 4.10. The number of halogens is 1. The van der Waals surface area contributed by atoms with Gasteiger partial charge in [-0.1, -0.05) is 30.9 Å². The van der Waals surface area contributed by atoms with Gasteiger partial charge in [0.15, 0.2) is 5.82 Å².